The molecular weight excluding hydrogens is 211 g/mol. The summed E-state index contributed by atoms with van der Waals surface area (Å²) >= 11 is 0. The molecule has 1 saturated carbocycles. The van der Waals surface area contributed by atoms with Crippen molar-refractivity contribution in [3.05, 3.63) is 0 Å². The normalized spacial score (nSPS) is 47.8. The molecular formula is C14H26BO2. The zero-order valence-corrected chi connectivity index (χ0v) is 11.8. The topological polar surface area (TPSA) is 18.5 Å². The Morgan fingerprint density at radius 1 is 0.941 bits per heavy atom. The van der Waals surface area contributed by atoms with E-state index in [2.05, 4.69) is 35.0 Å². The fourth-order valence-corrected chi connectivity index (χ4v) is 2.99. The second kappa shape index (κ2) is 4.93. The maximum absolute atomic E-state index is 5.89. The average Bonchev–Trinajstić information content (AvgIpc) is 2.28. The van der Waals surface area contributed by atoms with Crippen molar-refractivity contribution in [3.8, 4) is 0 Å². The summed E-state index contributed by atoms with van der Waals surface area (Å²) in [5.41, 5.74) is -0.457. The molecule has 2 nitrogen and oxygen atoms in total. The van der Waals surface area contributed by atoms with Gasteiger partial charge in [-0.1, -0.05) is 51.8 Å². The monoisotopic (exact) mass is 237 g/mol. The standard InChI is InChI=1S/C14H26BO2/c1-11-5-7-13(3,8-6-11)15-14(4)16-9-12(2)10-17-14/h11-12H,5-10H2,1-4H3. The minimum Gasteiger partial charge on any atom is -0.359 e. The van der Waals surface area contributed by atoms with E-state index >= 15 is 0 Å². The number of hydrogen-bond donors (Lipinski definition) is 0. The average molecular weight is 237 g/mol. The molecule has 1 aliphatic carbocycles. The van der Waals surface area contributed by atoms with Gasteiger partial charge in [0.15, 0.2) is 7.28 Å². The Kier molecular flexibility index (Phi) is 3.89. The van der Waals surface area contributed by atoms with E-state index < -0.39 is 5.69 Å². The van der Waals surface area contributed by atoms with Gasteiger partial charge in [-0.15, -0.1) is 0 Å². The van der Waals surface area contributed by atoms with Crippen LogP contribution in [0.25, 0.3) is 0 Å². The van der Waals surface area contributed by atoms with Gasteiger partial charge in [0.25, 0.3) is 0 Å². The zero-order chi connectivity index (χ0) is 12.5. The molecule has 17 heavy (non-hydrogen) atoms. The van der Waals surface area contributed by atoms with Gasteiger partial charge in [-0.3, -0.25) is 0 Å². The molecule has 0 aromatic rings. The molecule has 3 heteroatoms. The minimum absolute atomic E-state index is 0.293. The summed E-state index contributed by atoms with van der Waals surface area (Å²) in [7, 11) is 2.33. The Bertz CT molecular complexity index is 225. The predicted molar refractivity (Wildman–Crippen MR) is 71.2 cm³/mol. The molecule has 1 saturated heterocycles. The minimum atomic E-state index is -0.457. The molecule has 0 unspecified atom stereocenters. The molecule has 97 valence electrons. The molecule has 1 heterocycles. The van der Waals surface area contributed by atoms with Crippen molar-refractivity contribution in [1.29, 1.82) is 0 Å². The summed E-state index contributed by atoms with van der Waals surface area (Å²) in [6.45, 7) is 10.6. The van der Waals surface area contributed by atoms with Crippen molar-refractivity contribution in [3.63, 3.8) is 0 Å². The van der Waals surface area contributed by atoms with Crippen LogP contribution in [0.3, 0.4) is 0 Å². The summed E-state index contributed by atoms with van der Waals surface area (Å²) in [4.78, 5) is 0. The Morgan fingerprint density at radius 3 is 2.00 bits per heavy atom. The SMILES string of the molecule is CC1CCC(C)([B]C2(C)OCC(C)CO2)CC1. The summed E-state index contributed by atoms with van der Waals surface area (Å²) in [6.07, 6.45) is 5.21. The van der Waals surface area contributed by atoms with Gasteiger partial charge in [-0.05, 0) is 12.8 Å². The molecule has 0 bridgehead atoms. The van der Waals surface area contributed by atoms with Crippen molar-refractivity contribution in [1.82, 2.24) is 0 Å². The lowest BCUT2D eigenvalue weighted by atomic mass is 9.43. The molecule has 1 aliphatic heterocycles. The highest BCUT2D eigenvalue weighted by molar-refractivity contribution is 6.43. The van der Waals surface area contributed by atoms with E-state index in [1.807, 2.05) is 0 Å². The second-order valence-corrected chi connectivity index (χ2v) is 6.72. The zero-order valence-electron chi connectivity index (χ0n) is 11.8. The number of ether oxygens (including phenoxy) is 2. The Hall–Kier alpha value is -0.0151. The first-order chi connectivity index (χ1) is 7.91. The molecule has 1 radical (unpaired) electrons. The van der Waals surface area contributed by atoms with Crippen LogP contribution in [0.15, 0.2) is 0 Å². The molecule has 0 aromatic heterocycles. The first-order valence-electron chi connectivity index (χ1n) is 7.06. The highest BCUT2D eigenvalue weighted by atomic mass is 16.7. The first-order valence-corrected chi connectivity index (χ1v) is 7.06. The molecule has 0 N–H and O–H groups in total. The van der Waals surface area contributed by atoms with Gasteiger partial charge < -0.3 is 9.47 Å². The smallest absolute Gasteiger partial charge is 0.198 e. The number of rotatable bonds is 2. The lowest BCUT2D eigenvalue weighted by Gasteiger charge is -2.44. The molecule has 0 spiro atoms. The highest BCUT2D eigenvalue weighted by Gasteiger charge is 2.42. The van der Waals surface area contributed by atoms with E-state index in [-0.39, 0.29) is 0 Å². The lowest BCUT2D eigenvalue weighted by Crippen LogP contribution is -2.49. The maximum atomic E-state index is 5.89. The number of hydrogen-bond acceptors (Lipinski definition) is 2. The lowest BCUT2D eigenvalue weighted by molar-refractivity contribution is -0.222. The van der Waals surface area contributed by atoms with Crippen LogP contribution in [0, 0.1) is 11.8 Å². The van der Waals surface area contributed by atoms with Crippen LogP contribution < -0.4 is 0 Å². The molecule has 2 fully saturated rings. The second-order valence-electron chi connectivity index (χ2n) is 6.72. The maximum Gasteiger partial charge on any atom is 0.198 e. The van der Waals surface area contributed by atoms with Gasteiger partial charge in [-0.2, -0.15) is 0 Å². The Morgan fingerprint density at radius 2 is 1.47 bits per heavy atom. The van der Waals surface area contributed by atoms with E-state index in [1.54, 1.807) is 0 Å². The van der Waals surface area contributed by atoms with Crippen LogP contribution in [0.4, 0.5) is 0 Å². The summed E-state index contributed by atoms with van der Waals surface area (Å²) in [6, 6.07) is 0. The van der Waals surface area contributed by atoms with Crippen LogP contribution in [0.1, 0.15) is 53.4 Å². The van der Waals surface area contributed by atoms with Crippen LogP contribution in [0.2, 0.25) is 5.31 Å². The Labute approximate surface area is 107 Å². The predicted octanol–water partition coefficient (Wildman–Crippen LogP) is 3.44. The fraction of sp³-hybridized carbons (Fsp3) is 1.00. The van der Waals surface area contributed by atoms with Crippen LogP contribution in [0.5, 0.6) is 0 Å². The Balaban J connectivity index is 1.91. The van der Waals surface area contributed by atoms with Gasteiger partial charge in [0.05, 0.1) is 13.2 Å². The largest absolute Gasteiger partial charge is 0.359 e. The molecule has 0 aromatic carbocycles. The third kappa shape index (κ3) is 3.48. The molecule has 0 amide bonds. The van der Waals surface area contributed by atoms with Crippen molar-refractivity contribution in [2.75, 3.05) is 13.2 Å². The van der Waals surface area contributed by atoms with Gasteiger partial charge in [0, 0.05) is 5.92 Å². The van der Waals surface area contributed by atoms with Crippen molar-refractivity contribution < 1.29 is 9.47 Å². The van der Waals surface area contributed by atoms with Crippen molar-refractivity contribution >= 4 is 7.28 Å². The van der Waals surface area contributed by atoms with Crippen molar-refractivity contribution in [2.24, 2.45) is 11.8 Å². The quantitative estimate of drug-likeness (QED) is 0.685. The van der Waals surface area contributed by atoms with Crippen LogP contribution >= 0.6 is 0 Å². The molecule has 2 rings (SSSR count). The molecule has 2 aliphatic rings. The van der Waals surface area contributed by atoms with Gasteiger partial charge in [-0.25, -0.2) is 0 Å². The third-order valence-electron chi connectivity index (χ3n) is 4.34. The summed E-state index contributed by atoms with van der Waals surface area (Å²) in [5.74, 6) is 1.41. The molecule has 0 atom stereocenters. The van der Waals surface area contributed by atoms with Gasteiger partial charge in [0.2, 0.25) is 0 Å². The van der Waals surface area contributed by atoms with Crippen molar-refractivity contribution in [2.45, 2.75) is 64.4 Å². The third-order valence-corrected chi connectivity index (χ3v) is 4.34. The summed E-state index contributed by atoms with van der Waals surface area (Å²) in [5, 5.41) is 0.293. The van der Waals surface area contributed by atoms with Gasteiger partial charge in [0.1, 0.15) is 5.69 Å². The van der Waals surface area contributed by atoms with Crippen LogP contribution in [-0.2, 0) is 9.47 Å². The highest BCUT2D eigenvalue weighted by Crippen LogP contribution is 2.46. The van der Waals surface area contributed by atoms with E-state index in [9.17, 15) is 0 Å². The van der Waals surface area contributed by atoms with E-state index in [0.717, 1.165) is 19.1 Å². The van der Waals surface area contributed by atoms with Gasteiger partial charge >= 0.3 is 0 Å². The first kappa shape index (κ1) is 13.4. The summed E-state index contributed by atoms with van der Waals surface area (Å²) < 4.78 is 11.8. The van der Waals surface area contributed by atoms with E-state index in [1.165, 1.54) is 25.7 Å². The fourth-order valence-electron chi connectivity index (χ4n) is 2.99. The van der Waals surface area contributed by atoms with E-state index in [4.69, 9.17) is 9.47 Å². The van der Waals surface area contributed by atoms with E-state index in [0.29, 0.717) is 11.2 Å². The van der Waals surface area contributed by atoms with Crippen LogP contribution in [-0.4, -0.2) is 26.2 Å².